The predicted octanol–water partition coefficient (Wildman–Crippen LogP) is 2.03. The van der Waals surface area contributed by atoms with Crippen LogP contribution in [0.2, 0.25) is 0 Å². The number of aromatic nitrogens is 1. The number of rotatable bonds is 10. The second-order valence-electron chi connectivity index (χ2n) is 7.53. The molecular formula is C24H24FN5O5S. The molecule has 0 radical (unpaired) electrons. The van der Waals surface area contributed by atoms with Crippen LogP contribution in [0.15, 0.2) is 54.6 Å². The topological polar surface area (TPSA) is 158 Å². The molecule has 2 aromatic carbocycles. The highest BCUT2D eigenvalue weighted by Gasteiger charge is 2.35. The molecule has 0 spiro atoms. The third-order valence-electron chi connectivity index (χ3n) is 5.07. The number of anilines is 1. The molecule has 1 atom stereocenters. The van der Waals surface area contributed by atoms with E-state index in [9.17, 15) is 23.6 Å². The molecule has 0 fully saturated rings. The number of amides is 3. The van der Waals surface area contributed by atoms with Crippen LogP contribution in [0.5, 0.6) is 0 Å². The van der Waals surface area contributed by atoms with Gasteiger partial charge in [-0.05, 0) is 41.7 Å². The first-order chi connectivity index (χ1) is 17.2. The Morgan fingerprint density at radius 3 is 2.36 bits per heavy atom. The van der Waals surface area contributed by atoms with Gasteiger partial charge in [-0.2, -0.15) is 4.37 Å². The number of esters is 1. The van der Waals surface area contributed by atoms with Crippen molar-refractivity contribution in [3.63, 3.8) is 0 Å². The molecule has 3 aromatic rings. The molecule has 0 saturated carbocycles. The summed E-state index contributed by atoms with van der Waals surface area (Å²) in [6.45, 7) is 1.26. The van der Waals surface area contributed by atoms with E-state index in [0.29, 0.717) is 17.1 Å². The van der Waals surface area contributed by atoms with Gasteiger partial charge in [0.05, 0.1) is 12.3 Å². The van der Waals surface area contributed by atoms with Crippen LogP contribution in [0.3, 0.4) is 0 Å². The van der Waals surface area contributed by atoms with E-state index < -0.39 is 42.1 Å². The number of carbonyl (C=O) groups excluding carboxylic acids is 4. The van der Waals surface area contributed by atoms with Gasteiger partial charge in [-0.3, -0.25) is 19.2 Å². The predicted molar refractivity (Wildman–Crippen MR) is 130 cm³/mol. The second-order valence-corrected chi connectivity index (χ2v) is 8.31. The van der Waals surface area contributed by atoms with Crippen molar-refractivity contribution >= 4 is 40.9 Å². The summed E-state index contributed by atoms with van der Waals surface area (Å²) in [5.74, 6) is -3.52. The number of nitrogen functional groups attached to an aromatic ring is 1. The summed E-state index contributed by atoms with van der Waals surface area (Å²) in [6.07, 6.45) is 0. The average molecular weight is 514 g/mol. The van der Waals surface area contributed by atoms with E-state index in [0.717, 1.165) is 12.1 Å². The van der Waals surface area contributed by atoms with Crippen LogP contribution in [-0.2, 0) is 20.9 Å². The molecule has 0 aliphatic rings. The Balaban J connectivity index is 2.07. The molecular weight excluding hydrogens is 489 g/mol. The molecule has 1 heterocycles. The minimum atomic E-state index is -1.30. The Hall–Kier alpha value is -4.32. The van der Waals surface area contributed by atoms with E-state index in [4.69, 9.17) is 16.2 Å². The smallest absolute Gasteiger partial charge is 0.325 e. The molecule has 188 valence electrons. The Kier molecular flexibility index (Phi) is 8.68. The van der Waals surface area contributed by atoms with Gasteiger partial charge >= 0.3 is 5.97 Å². The van der Waals surface area contributed by atoms with Crippen LogP contribution < -0.4 is 16.8 Å². The monoisotopic (exact) mass is 513 g/mol. The van der Waals surface area contributed by atoms with E-state index in [2.05, 4.69) is 9.69 Å². The first kappa shape index (κ1) is 26.3. The first-order valence-electron chi connectivity index (χ1n) is 10.8. The van der Waals surface area contributed by atoms with Gasteiger partial charge in [0, 0.05) is 6.54 Å². The Labute approximate surface area is 210 Å². The number of ether oxygens (including phenoxy) is 1. The standard InChI is InChI=1S/C24H24FN5O5S/c1-2-35-17(31)12-28-23(33)20(15-8-10-16(25)11-9-15)30(13-14-6-4-3-5-7-14)24(34)21-18(26)19(22(27)32)29-36-21/h3-11,20H,2,12-13,26H2,1H3,(H2,27,32)(H,28,33). The SMILES string of the molecule is CCOC(=O)CNC(=O)C(c1ccc(F)cc1)N(Cc1ccccc1)C(=O)c1snc(C(N)=O)c1N. The zero-order valence-corrected chi connectivity index (χ0v) is 20.1. The van der Waals surface area contributed by atoms with Gasteiger partial charge in [0.2, 0.25) is 5.91 Å². The molecule has 3 amide bonds. The van der Waals surface area contributed by atoms with Crippen LogP contribution >= 0.6 is 11.5 Å². The first-order valence-corrected chi connectivity index (χ1v) is 11.6. The van der Waals surface area contributed by atoms with Gasteiger partial charge in [-0.1, -0.05) is 42.5 Å². The van der Waals surface area contributed by atoms with E-state index in [1.807, 2.05) is 0 Å². The van der Waals surface area contributed by atoms with E-state index >= 15 is 0 Å². The zero-order chi connectivity index (χ0) is 26.2. The average Bonchev–Trinajstić information content (AvgIpc) is 3.25. The van der Waals surface area contributed by atoms with Crippen molar-refractivity contribution in [1.29, 1.82) is 0 Å². The quantitative estimate of drug-likeness (QED) is 0.350. The minimum Gasteiger partial charge on any atom is -0.465 e. The third kappa shape index (κ3) is 6.21. The summed E-state index contributed by atoms with van der Waals surface area (Å²) in [7, 11) is 0. The maximum Gasteiger partial charge on any atom is 0.325 e. The second kappa shape index (κ2) is 11.9. The molecule has 12 heteroatoms. The summed E-state index contributed by atoms with van der Waals surface area (Å²) in [4.78, 5) is 51.7. The fourth-order valence-corrected chi connectivity index (χ4v) is 4.17. The molecule has 5 N–H and O–H groups in total. The lowest BCUT2D eigenvalue weighted by Crippen LogP contribution is -2.44. The van der Waals surface area contributed by atoms with Crippen molar-refractivity contribution in [2.45, 2.75) is 19.5 Å². The van der Waals surface area contributed by atoms with E-state index in [1.165, 1.54) is 17.0 Å². The molecule has 10 nitrogen and oxygen atoms in total. The van der Waals surface area contributed by atoms with Crippen molar-refractivity contribution in [3.05, 3.63) is 82.1 Å². The number of carbonyl (C=O) groups is 4. The fraction of sp³-hybridized carbons (Fsp3) is 0.208. The van der Waals surface area contributed by atoms with Gasteiger partial charge < -0.3 is 26.4 Å². The highest BCUT2D eigenvalue weighted by molar-refractivity contribution is 7.09. The number of benzene rings is 2. The Morgan fingerprint density at radius 2 is 1.78 bits per heavy atom. The van der Waals surface area contributed by atoms with Gasteiger partial charge in [0.25, 0.3) is 11.8 Å². The maximum absolute atomic E-state index is 13.8. The third-order valence-corrected chi connectivity index (χ3v) is 5.92. The van der Waals surface area contributed by atoms with Crippen LogP contribution in [-0.4, -0.2) is 46.1 Å². The molecule has 0 bridgehead atoms. The fourth-order valence-electron chi connectivity index (χ4n) is 3.41. The highest BCUT2D eigenvalue weighted by Crippen LogP contribution is 2.30. The maximum atomic E-state index is 13.8. The van der Waals surface area contributed by atoms with Crippen LogP contribution in [0.25, 0.3) is 0 Å². The van der Waals surface area contributed by atoms with Gasteiger partial charge in [0.15, 0.2) is 5.69 Å². The number of hydrogen-bond acceptors (Lipinski definition) is 8. The summed E-state index contributed by atoms with van der Waals surface area (Å²) >= 11 is 0.670. The largest absolute Gasteiger partial charge is 0.465 e. The number of nitrogens with two attached hydrogens (primary N) is 2. The zero-order valence-electron chi connectivity index (χ0n) is 19.3. The van der Waals surface area contributed by atoms with Crippen molar-refractivity contribution in [3.8, 4) is 0 Å². The van der Waals surface area contributed by atoms with Gasteiger partial charge in [0.1, 0.15) is 23.3 Å². The summed E-state index contributed by atoms with van der Waals surface area (Å²) in [5, 5.41) is 2.47. The summed E-state index contributed by atoms with van der Waals surface area (Å²) in [5.41, 5.74) is 11.8. The molecule has 1 unspecified atom stereocenters. The Bertz CT molecular complexity index is 1250. The summed E-state index contributed by atoms with van der Waals surface area (Å²) < 4.78 is 22.4. The molecule has 3 rings (SSSR count). The number of nitrogens with zero attached hydrogens (tertiary/aromatic N) is 2. The van der Waals surface area contributed by atoms with Crippen molar-refractivity contribution in [2.24, 2.45) is 5.73 Å². The van der Waals surface area contributed by atoms with E-state index in [1.54, 1.807) is 37.3 Å². The highest BCUT2D eigenvalue weighted by atomic mass is 32.1. The molecule has 1 aromatic heterocycles. The lowest BCUT2D eigenvalue weighted by Gasteiger charge is -2.31. The normalized spacial score (nSPS) is 11.4. The lowest BCUT2D eigenvalue weighted by atomic mass is 10.0. The number of hydrogen-bond donors (Lipinski definition) is 3. The molecule has 0 saturated heterocycles. The van der Waals surface area contributed by atoms with Crippen molar-refractivity contribution in [2.75, 3.05) is 18.9 Å². The lowest BCUT2D eigenvalue weighted by molar-refractivity contribution is -0.143. The van der Waals surface area contributed by atoms with Gasteiger partial charge in [-0.15, -0.1) is 0 Å². The number of halogens is 1. The van der Waals surface area contributed by atoms with Crippen LogP contribution in [0, 0.1) is 5.82 Å². The number of primary amides is 1. The van der Waals surface area contributed by atoms with Crippen LogP contribution in [0.4, 0.5) is 10.1 Å². The molecule has 36 heavy (non-hydrogen) atoms. The molecule has 0 aliphatic carbocycles. The van der Waals surface area contributed by atoms with Gasteiger partial charge in [-0.25, -0.2) is 4.39 Å². The minimum absolute atomic E-state index is 0.0578. The Morgan fingerprint density at radius 1 is 1.11 bits per heavy atom. The van der Waals surface area contributed by atoms with Crippen molar-refractivity contribution < 1.29 is 28.3 Å². The van der Waals surface area contributed by atoms with E-state index in [-0.39, 0.29) is 35.0 Å². The molecule has 0 aliphatic heterocycles. The van der Waals surface area contributed by atoms with Crippen molar-refractivity contribution in [1.82, 2.24) is 14.6 Å². The van der Waals surface area contributed by atoms with Crippen LogP contribution in [0.1, 0.15) is 44.3 Å². The summed E-state index contributed by atoms with van der Waals surface area (Å²) in [6, 6.07) is 12.5. The number of nitrogens with one attached hydrogen (secondary N) is 1.